The number of carbonyl (C=O) groups excluding carboxylic acids is 1. The maximum Gasteiger partial charge on any atom is 0.268 e. The molecule has 3 rings (SSSR count). The molecule has 126 valence electrons. The van der Waals surface area contributed by atoms with Gasteiger partial charge in [-0.25, -0.2) is 4.98 Å². The molecule has 7 heteroatoms. The second kappa shape index (κ2) is 6.09. The number of aryl methyl sites for hydroxylation is 2. The Morgan fingerprint density at radius 2 is 2.17 bits per heavy atom. The van der Waals surface area contributed by atoms with E-state index >= 15 is 0 Å². The minimum absolute atomic E-state index is 0.129. The van der Waals surface area contributed by atoms with Gasteiger partial charge in [-0.05, 0) is 31.5 Å². The van der Waals surface area contributed by atoms with Crippen LogP contribution in [0.3, 0.4) is 0 Å². The highest BCUT2D eigenvalue weighted by molar-refractivity contribution is 5.98. The number of amides is 1. The van der Waals surface area contributed by atoms with Crippen LogP contribution in [0, 0.1) is 6.92 Å². The first kappa shape index (κ1) is 16.2. The van der Waals surface area contributed by atoms with Crippen molar-refractivity contribution in [3.8, 4) is 0 Å². The largest absolute Gasteiger partial charge is 0.383 e. The zero-order valence-electron chi connectivity index (χ0n) is 14.2. The highest BCUT2D eigenvalue weighted by atomic mass is 16.5. The highest BCUT2D eigenvalue weighted by Crippen LogP contribution is 2.16. The van der Waals surface area contributed by atoms with Crippen molar-refractivity contribution in [1.29, 1.82) is 0 Å². The van der Waals surface area contributed by atoms with Gasteiger partial charge in [0.25, 0.3) is 11.5 Å². The number of nitrogens with zero attached hydrogens (tertiary/aromatic N) is 3. The molecule has 0 spiro atoms. The maximum absolute atomic E-state index is 12.7. The smallest absolute Gasteiger partial charge is 0.268 e. The number of hydrogen-bond acceptors (Lipinski definition) is 4. The minimum Gasteiger partial charge on any atom is -0.383 e. The van der Waals surface area contributed by atoms with Crippen LogP contribution >= 0.6 is 0 Å². The summed E-state index contributed by atoms with van der Waals surface area (Å²) in [5.74, 6) is -0.259. The fourth-order valence-electron chi connectivity index (χ4n) is 2.84. The van der Waals surface area contributed by atoms with Crippen LogP contribution in [0.1, 0.15) is 23.0 Å². The first-order valence-corrected chi connectivity index (χ1v) is 7.71. The zero-order chi connectivity index (χ0) is 17.4. The Morgan fingerprint density at radius 3 is 2.88 bits per heavy atom. The van der Waals surface area contributed by atoms with Crippen LogP contribution in [-0.4, -0.2) is 39.6 Å². The molecule has 3 aromatic heterocycles. The SMILES string of the molecule is COC[C@@H](C)NC(=O)c1cc2c(=O)n3cccc(C)c3nc2n1C. The third kappa shape index (κ3) is 2.56. The number of fused-ring (bicyclic) bond motifs is 2. The summed E-state index contributed by atoms with van der Waals surface area (Å²) < 4.78 is 8.18. The van der Waals surface area contributed by atoms with Crippen molar-refractivity contribution in [2.24, 2.45) is 7.05 Å². The van der Waals surface area contributed by atoms with Crippen LogP contribution in [0.4, 0.5) is 0 Å². The van der Waals surface area contributed by atoms with Gasteiger partial charge in [0, 0.05) is 26.4 Å². The molecule has 0 aliphatic carbocycles. The predicted molar refractivity (Wildman–Crippen MR) is 91.5 cm³/mol. The highest BCUT2D eigenvalue weighted by Gasteiger charge is 2.19. The lowest BCUT2D eigenvalue weighted by Gasteiger charge is -2.12. The fraction of sp³-hybridized carbons (Fsp3) is 0.353. The van der Waals surface area contributed by atoms with Crippen molar-refractivity contribution in [2.45, 2.75) is 19.9 Å². The Bertz CT molecular complexity index is 987. The van der Waals surface area contributed by atoms with Gasteiger partial charge in [0.2, 0.25) is 0 Å². The molecule has 0 saturated heterocycles. The van der Waals surface area contributed by atoms with E-state index in [4.69, 9.17) is 4.74 Å². The van der Waals surface area contributed by atoms with Gasteiger partial charge in [-0.3, -0.25) is 14.0 Å². The van der Waals surface area contributed by atoms with Crippen LogP contribution in [0.25, 0.3) is 16.7 Å². The summed E-state index contributed by atoms with van der Waals surface area (Å²) in [5.41, 5.74) is 2.21. The lowest BCUT2D eigenvalue weighted by atomic mass is 10.2. The summed E-state index contributed by atoms with van der Waals surface area (Å²) in [5, 5.41) is 3.27. The molecule has 0 aliphatic heterocycles. The molecule has 0 saturated carbocycles. The van der Waals surface area contributed by atoms with Crippen LogP contribution < -0.4 is 10.9 Å². The number of ether oxygens (including phenoxy) is 1. The summed E-state index contributed by atoms with van der Waals surface area (Å²) in [6.45, 7) is 4.17. The van der Waals surface area contributed by atoms with Gasteiger partial charge in [0.05, 0.1) is 12.0 Å². The van der Waals surface area contributed by atoms with Gasteiger partial charge in [-0.1, -0.05) is 6.07 Å². The molecule has 0 bridgehead atoms. The Balaban J connectivity index is 2.15. The lowest BCUT2D eigenvalue weighted by molar-refractivity contribution is 0.0898. The first-order chi connectivity index (χ1) is 11.4. The molecular formula is C17H20N4O3. The van der Waals surface area contributed by atoms with E-state index < -0.39 is 0 Å². The Morgan fingerprint density at radius 1 is 1.42 bits per heavy atom. The molecule has 0 fully saturated rings. The molecule has 1 atom stereocenters. The monoisotopic (exact) mass is 328 g/mol. The molecule has 0 unspecified atom stereocenters. The number of hydrogen-bond donors (Lipinski definition) is 1. The van der Waals surface area contributed by atoms with Gasteiger partial charge < -0.3 is 14.6 Å². The average molecular weight is 328 g/mol. The minimum atomic E-state index is -0.259. The molecule has 3 heterocycles. The maximum atomic E-state index is 12.7. The van der Waals surface area contributed by atoms with Crippen molar-refractivity contribution in [1.82, 2.24) is 19.3 Å². The molecule has 24 heavy (non-hydrogen) atoms. The third-order valence-electron chi connectivity index (χ3n) is 4.05. The van der Waals surface area contributed by atoms with Crippen molar-refractivity contribution >= 4 is 22.6 Å². The lowest BCUT2D eigenvalue weighted by Crippen LogP contribution is -2.36. The molecular weight excluding hydrogens is 308 g/mol. The summed E-state index contributed by atoms with van der Waals surface area (Å²) in [6, 6.07) is 5.17. The average Bonchev–Trinajstić information content (AvgIpc) is 2.87. The molecule has 3 aromatic rings. The van der Waals surface area contributed by atoms with E-state index in [9.17, 15) is 9.59 Å². The van der Waals surface area contributed by atoms with Crippen LogP contribution in [0.2, 0.25) is 0 Å². The van der Waals surface area contributed by atoms with E-state index in [1.54, 1.807) is 37.1 Å². The van der Waals surface area contributed by atoms with Crippen LogP contribution in [-0.2, 0) is 11.8 Å². The van der Waals surface area contributed by atoms with E-state index in [0.29, 0.717) is 29.0 Å². The van der Waals surface area contributed by atoms with E-state index in [1.807, 2.05) is 19.9 Å². The van der Waals surface area contributed by atoms with Gasteiger partial charge >= 0.3 is 0 Å². The molecule has 1 amide bonds. The Kier molecular flexibility index (Phi) is 4.11. The standard InChI is InChI=1S/C17H20N4O3/c1-10-6-5-7-21-14(10)19-15-12(17(21)23)8-13(20(15)3)16(22)18-11(2)9-24-4/h5-8,11H,9H2,1-4H3,(H,18,22)/t11-/m1/s1. The number of aromatic nitrogens is 3. The van der Waals surface area contributed by atoms with Gasteiger partial charge in [-0.2, -0.15) is 0 Å². The van der Waals surface area contributed by atoms with Crippen molar-refractivity contribution in [2.75, 3.05) is 13.7 Å². The topological polar surface area (TPSA) is 77.6 Å². The predicted octanol–water partition coefficient (Wildman–Crippen LogP) is 1.26. The summed E-state index contributed by atoms with van der Waals surface area (Å²) in [7, 11) is 3.32. The number of carbonyl (C=O) groups is 1. The fourth-order valence-corrected chi connectivity index (χ4v) is 2.84. The van der Waals surface area contributed by atoms with Crippen LogP contribution in [0.5, 0.6) is 0 Å². The second-order valence-electron chi connectivity index (χ2n) is 5.96. The van der Waals surface area contributed by atoms with Gasteiger partial charge in [0.15, 0.2) is 0 Å². The Hall–Kier alpha value is -2.67. The normalized spacial score (nSPS) is 12.7. The quantitative estimate of drug-likeness (QED) is 0.782. The number of methoxy groups -OCH3 is 1. The zero-order valence-corrected chi connectivity index (χ0v) is 14.2. The van der Waals surface area contributed by atoms with E-state index in [2.05, 4.69) is 10.3 Å². The van der Waals surface area contributed by atoms with E-state index in [1.165, 1.54) is 4.40 Å². The van der Waals surface area contributed by atoms with Crippen molar-refractivity contribution in [3.05, 3.63) is 46.0 Å². The van der Waals surface area contributed by atoms with E-state index in [0.717, 1.165) is 5.56 Å². The van der Waals surface area contributed by atoms with Gasteiger partial charge in [0.1, 0.15) is 17.0 Å². The number of pyridine rings is 1. The van der Waals surface area contributed by atoms with Crippen LogP contribution in [0.15, 0.2) is 29.2 Å². The van der Waals surface area contributed by atoms with Crippen molar-refractivity contribution in [3.63, 3.8) is 0 Å². The molecule has 0 aliphatic rings. The molecule has 0 aromatic carbocycles. The van der Waals surface area contributed by atoms with Gasteiger partial charge in [-0.15, -0.1) is 0 Å². The summed E-state index contributed by atoms with van der Waals surface area (Å²) in [6.07, 6.45) is 1.69. The molecule has 1 N–H and O–H groups in total. The van der Waals surface area contributed by atoms with E-state index in [-0.39, 0.29) is 17.5 Å². The Labute approximate surface area is 138 Å². The second-order valence-corrected chi connectivity index (χ2v) is 5.96. The first-order valence-electron chi connectivity index (χ1n) is 7.71. The van der Waals surface area contributed by atoms with Crippen molar-refractivity contribution < 1.29 is 9.53 Å². The number of rotatable bonds is 4. The summed E-state index contributed by atoms with van der Waals surface area (Å²) in [4.78, 5) is 29.8. The molecule has 0 radical (unpaired) electrons. The third-order valence-corrected chi connectivity index (χ3v) is 4.05. The summed E-state index contributed by atoms with van der Waals surface area (Å²) >= 11 is 0. The number of nitrogens with one attached hydrogen (secondary N) is 1. The molecule has 7 nitrogen and oxygen atoms in total.